The molecule has 0 aromatic heterocycles. The van der Waals surface area contributed by atoms with E-state index in [9.17, 15) is 0 Å². The van der Waals surface area contributed by atoms with Gasteiger partial charge >= 0.3 is 5.14 Å². The molecule has 0 spiro atoms. The van der Waals surface area contributed by atoms with Crippen LogP contribution < -0.4 is 0 Å². The minimum Gasteiger partial charge on any atom is -0.0622 e. The molecule has 0 amide bonds. The van der Waals surface area contributed by atoms with E-state index in [1.54, 1.807) is 0 Å². The molecule has 0 saturated heterocycles. The Balaban J connectivity index is 1.50. The van der Waals surface area contributed by atoms with Gasteiger partial charge in [-0.2, -0.15) is 0 Å². The van der Waals surface area contributed by atoms with Crippen LogP contribution in [0.4, 0.5) is 0 Å². The second-order valence-corrected chi connectivity index (χ2v) is 33.2. The first-order valence-corrected chi connectivity index (χ1v) is 28.8. The predicted octanol–water partition coefficient (Wildman–Crippen LogP) is 15.2. The molecule has 0 aliphatic rings. The number of hydrogen-bond donors (Lipinski definition) is 0. The van der Waals surface area contributed by atoms with E-state index in [0.717, 1.165) is 0 Å². The average molecular weight is 764 g/mol. The molecule has 0 nitrogen and oxygen atoms in total. The lowest BCUT2D eigenvalue weighted by Crippen LogP contribution is -1.95. The second-order valence-electron chi connectivity index (χ2n) is 9.88. The minimum atomic E-state index is -1.12. The van der Waals surface area contributed by atoms with E-state index in [1.165, 1.54) is 29.4 Å². The summed E-state index contributed by atoms with van der Waals surface area (Å²) in [6, 6.07) is 66.8. The first kappa shape index (κ1) is 34.6. The van der Waals surface area contributed by atoms with E-state index >= 15 is 0 Å². The van der Waals surface area contributed by atoms with Crippen LogP contribution in [0, 0.1) is 0 Å². The Morgan fingerprint density at radius 3 is 0.543 bits per heavy atom. The summed E-state index contributed by atoms with van der Waals surface area (Å²) < 4.78 is 0. The molecule has 6 aromatic carbocycles. The van der Waals surface area contributed by atoms with Crippen LogP contribution in [0.1, 0.15) is 0 Å². The fourth-order valence-corrected chi connectivity index (χ4v) is 53.2. The van der Waals surface area contributed by atoms with Crippen molar-refractivity contribution in [2.24, 2.45) is 0 Å². The molecule has 0 atom stereocenters. The van der Waals surface area contributed by atoms with Gasteiger partial charge in [0.15, 0.2) is 0 Å². The van der Waals surface area contributed by atoms with Gasteiger partial charge in [-0.05, 0) is 72.8 Å². The van der Waals surface area contributed by atoms with E-state index in [1.807, 2.05) is 0 Å². The van der Waals surface area contributed by atoms with Crippen LogP contribution in [0.5, 0.6) is 0 Å². The van der Waals surface area contributed by atoms with E-state index in [4.69, 9.17) is 0 Å². The smallest absolute Gasteiger partial charge is 0.0622 e. The molecule has 0 aliphatic carbocycles. The SMILES string of the molecule is c1ccc(S[PH+](Sc2ccccc2)C([PH+](Sc2ccccc2)Sc2ccccc2)[PH+](Sc2ccccc2)Sc2ccccc2)cc1. The van der Waals surface area contributed by atoms with Crippen molar-refractivity contribution >= 4 is 87.3 Å². The Labute approximate surface area is 301 Å². The third kappa shape index (κ3) is 10.9. The number of rotatable bonds is 15. The quantitative estimate of drug-likeness (QED) is 0.0949. The van der Waals surface area contributed by atoms with Crippen molar-refractivity contribution in [3.05, 3.63) is 182 Å². The van der Waals surface area contributed by atoms with Crippen molar-refractivity contribution in [2.75, 3.05) is 0 Å². The number of benzene rings is 6. The fraction of sp³-hybridized carbons (Fsp3) is 0.0270. The molecule has 0 heterocycles. The molecule has 0 aliphatic heterocycles. The molecule has 0 saturated carbocycles. The lowest BCUT2D eigenvalue weighted by atomic mass is 10.4. The monoisotopic (exact) mass is 763 g/mol. The van der Waals surface area contributed by atoms with Gasteiger partial charge in [-0.15, -0.1) is 0 Å². The van der Waals surface area contributed by atoms with Crippen LogP contribution in [-0.2, 0) is 0 Å². The second kappa shape index (κ2) is 19.0. The summed E-state index contributed by atoms with van der Waals surface area (Å²) >= 11 is 12.9. The summed E-state index contributed by atoms with van der Waals surface area (Å²) in [5.74, 6) is 0. The van der Waals surface area contributed by atoms with Crippen LogP contribution in [0.15, 0.2) is 211 Å². The maximum atomic E-state index is 2.31. The van der Waals surface area contributed by atoms with Crippen molar-refractivity contribution < 1.29 is 0 Å². The Hall–Kier alpha value is -1.29. The molecule has 46 heavy (non-hydrogen) atoms. The molecule has 6 aromatic rings. The van der Waals surface area contributed by atoms with Gasteiger partial charge in [0.25, 0.3) is 0 Å². The zero-order chi connectivity index (χ0) is 31.2. The van der Waals surface area contributed by atoms with Crippen molar-refractivity contribution in [1.29, 1.82) is 0 Å². The van der Waals surface area contributed by atoms with E-state index in [-0.39, 0.29) is 0 Å². The van der Waals surface area contributed by atoms with E-state index in [0.29, 0.717) is 5.14 Å². The maximum absolute atomic E-state index is 2.31. The summed E-state index contributed by atoms with van der Waals surface area (Å²) in [5, 5.41) is 0.557. The highest BCUT2D eigenvalue weighted by Gasteiger charge is 2.57. The normalized spacial score (nSPS) is 11.5. The molecule has 0 fully saturated rings. The van der Waals surface area contributed by atoms with E-state index in [2.05, 4.69) is 250 Å². The molecule has 0 bridgehead atoms. The third-order valence-electron chi connectivity index (χ3n) is 6.48. The zero-order valence-corrected chi connectivity index (χ0v) is 32.7. The van der Waals surface area contributed by atoms with Gasteiger partial charge in [0.2, 0.25) is 19.0 Å². The Morgan fingerprint density at radius 1 is 0.239 bits per heavy atom. The Morgan fingerprint density at radius 2 is 0.391 bits per heavy atom. The molecular formula is C37H34P3S6+3. The standard InChI is InChI=1S/C37H31P3S6/c1-7-19-31(20-8-1)41-38(42-32-21-9-2-10-22-32)37(39(43-33-23-11-3-12-24-33)44-34-25-13-4-14-26-34)40(45-35-27-15-5-16-28-35)46-36-29-17-6-18-30-36/h1-30,37H/p+3. The van der Waals surface area contributed by atoms with E-state index < -0.39 is 19.0 Å². The third-order valence-corrected chi connectivity index (χ3v) is 41.5. The summed E-state index contributed by atoms with van der Waals surface area (Å²) in [4.78, 5) is 8.23. The van der Waals surface area contributed by atoms with Gasteiger partial charge in [-0.1, -0.05) is 109 Å². The van der Waals surface area contributed by atoms with Crippen LogP contribution in [0.25, 0.3) is 0 Å². The summed E-state index contributed by atoms with van der Waals surface area (Å²) in [5.41, 5.74) is 0. The van der Waals surface area contributed by atoms with Gasteiger partial charge in [0, 0.05) is 29.4 Å². The molecule has 230 valence electrons. The fourth-order valence-electron chi connectivity index (χ4n) is 4.33. The highest BCUT2D eigenvalue weighted by Crippen LogP contribution is 2.94. The summed E-state index contributed by atoms with van der Waals surface area (Å²) in [6.45, 7) is 0. The Kier molecular flexibility index (Phi) is 14.3. The highest BCUT2D eigenvalue weighted by atomic mass is 33.1. The first-order valence-electron chi connectivity index (χ1n) is 14.8. The molecule has 6 rings (SSSR count). The lowest BCUT2D eigenvalue weighted by Gasteiger charge is -2.21. The van der Waals surface area contributed by atoms with Gasteiger partial charge in [0.05, 0.1) is 68.3 Å². The largest absolute Gasteiger partial charge is 0.311 e. The van der Waals surface area contributed by atoms with Crippen molar-refractivity contribution in [2.45, 2.75) is 34.5 Å². The lowest BCUT2D eigenvalue weighted by molar-refractivity contribution is 1.47. The zero-order valence-electron chi connectivity index (χ0n) is 24.8. The van der Waals surface area contributed by atoms with Gasteiger partial charge in [-0.25, -0.2) is 0 Å². The Bertz CT molecular complexity index is 1370. The first-order chi connectivity index (χ1) is 22.8. The predicted molar refractivity (Wildman–Crippen MR) is 223 cm³/mol. The van der Waals surface area contributed by atoms with Crippen LogP contribution in [-0.4, -0.2) is 5.14 Å². The van der Waals surface area contributed by atoms with Crippen LogP contribution in [0.2, 0.25) is 0 Å². The minimum absolute atomic E-state index is 0.557. The van der Waals surface area contributed by atoms with Gasteiger partial charge in [-0.3, -0.25) is 0 Å². The van der Waals surface area contributed by atoms with Crippen molar-refractivity contribution in [1.82, 2.24) is 0 Å². The molecule has 0 unspecified atom stereocenters. The maximum Gasteiger partial charge on any atom is 0.311 e. The topological polar surface area (TPSA) is 0 Å². The molecule has 0 N–H and O–H groups in total. The molecular weight excluding hydrogens is 730 g/mol. The van der Waals surface area contributed by atoms with Crippen LogP contribution >= 0.6 is 87.3 Å². The van der Waals surface area contributed by atoms with Crippen LogP contribution in [0.3, 0.4) is 0 Å². The summed E-state index contributed by atoms with van der Waals surface area (Å²) in [7, 11) is 0. The highest BCUT2D eigenvalue weighted by molar-refractivity contribution is 9.01. The van der Waals surface area contributed by atoms with Gasteiger partial charge < -0.3 is 0 Å². The van der Waals surface area contributed by atoms with Gasteiger partial charge in [0.1, 0.15) is 0 Å². The summed E-state index contributed by atoms with van der Waals surface area (Å²) in [6.07, 6.45) is -3.36. The molecule has 0 radical (unpaired) electrons. The molecule has 9 heteroatoms. The van der Waals surface area contributed by atoms with Crippen molar-refractivity contribution in [3.63, 3.8) is 0 Å². The average Bonchev–Trinajstić information content (AvgIpc) is 3.11. The van der Waals surface area contributed by atoms with Crippen molar-refractivity contribution in [3.8, 4) is 0 Å². The number of hydrogen-bond acceptors (Lipinski definition) is 6.